The zero-order valence-corrected chi connectivity index (χ0v) is 16.7. The summed E-state index contributed by atoms with van der Waals surface area (Å²) < 4.78 is 1.93. The van der Waals surface area contributed by atoms with Crippen LogP contribution >= 0.6 is 0 Å². The second kappa shape index (κ2) is 7.95. The predicted molar refractivity (Wildman–Crippen MR) is 120 cm³/mol. The van der Waals surface area contributed by atoms with Crippen LogP contribution < -0.4 is 4.90 Å². The Bertz CT molecular complexity index is 1310. The summed E-state index contributed by atoms with van der Waals surface area (Å²) in [7, 11) is 3.98. The molecule has 0 aliphatic rings. The summed E-state index contributed by atoms with van der Waals surface area (Å²) in [4.78, 5) is 6.76. The third-order valence-electron chi connectivity index (χ3n) is 4.88. The van der Waals surface area contributed by atoms with Crippen LogP contribution in [-0.2, 0) is 0 Å². The number of anilines is 1. The van der Waals surface area contributed by atoms with E-state index in [-0.39, 0.29) is 0 Å². The third kappa shape index (κ3) is 3.53. The zero-order valence-electron chi connectivity index (χ0n) is 16.7. The minimum atomic E-state index is 0.450. The van der Waals surface area contributed by atoms with Crippen molar-refractivity contribution < 1.29 is 0 Å². The van der Waals surface area contributed by atoms with Gasteiger partial charge in [-0.25, -0.2) is 4.98 Å². The molecular weight excluding hydrogens is 370 g/mol. The van der Waals surface area contributed by atoms with Crippen LogP contribution in [0.2, 0.25) is 0 Å². The topological polar surface area (TPSA) is 68.6 Å². The molecule has 5 heteroatoms. The van der Waals surface area contributed by atoms with Crippen LogP contribution in [0.5, 0.6) is 0 Å². The van der Waals surface area contributed by atoms with Gasteiger partial charge >= 0.3 is 0 Å². The molecule has 0 unspecified atom stereocenters. The lowest BCUT2D eigenvalue weighted by Gasteiger charge is -2.12. The number of benzene rings is 3. The lowest BCUT2D eigenvalue weighted by atomic mass is 10.1. The van der Waals surface area contributed by atoms with E-state index >= 15 is 0 Å². The smallest absolute Gasteiger partial charge is 0.156 e. The average molecular weight is 389 g/mol. The Labute approximate surface area is 175 Å². The number of fused-ring (bicyclic) bond motifs is 1. The molecule has 0 saturated carbocycles. The highest BCUT2D eigenvalue weighted by molar-refractivity contribution is 5.92. The first-order valence-electron chi connectivity index (χ1n) is 9.48. The molecule has 0 N–H and O–H groups in total. The van der Waals surface area contributed by atoms with Crippen LogP contribution in [0.1, 0.15) is 17.0 Å². The zero-order chi connectivity index (χ0) is 21.1. The van der Waals surface area contributed by atoms with Gasteiger partial charge in [-0.1, -0.05) is 30.3 Å². The second-order valence-electron chi connectivity index (χ2n) is 7.08. The predicted octanol–water partition coefficient (Wildman–Crippen LogP) is 5.03. The fourth-order valence-corrected chi connectivity index (χ4v) is 3.35. The van der Waals surface area contributed by atoms with Crippen molar-refractivity contribution in [1.29, 1.82) is 10.5 Å². The average Bonchev–Trinajstić information content (AvgIpc) is 3.16. The van der Waals surface area contributed by atoms with Crippen LogP contribution in [-0.4, -0.2) is 23.6 Å². The van der Waals surface area contributed by atoms with Gasteiger partial charge in [0.2, 0.25) is 0 Å². The highest BCUT2D eigenvalue weighted by Gasteiger charge is 2.17. The first-order valence-corrected chi connectivity index (χ1v) is 9.48. The largest absolute Gasteiger partial charge is 0.378 e. The Morgan fingerprint density at radius 3 is 2.33 bits per heavy atom. The molecule has 0 radical (unpaired) electrons. The van der Waals surface area contributed by atoms with E-state index in [1.165, 1.54) is 0 Å². The van der Waals surface area contributed by atoms with Gasteiger partial charge < -0.3 is 4.90 Å². The minimum Gasteiger partial charge on any atom is -0.378 e. The van der Waals surface area contributed by atoms with E-state index in [4.69, 9.17) is 4.98 Å². The summed E-state index contributed by atoms with van der Waals surface area (Å²) in [5.74, 6) is 0.547. The van der Waals surface area contributed by atoms with Crippen LogP contribution in [0.15, 0.2) is 72.8 Å². The Balaban J connectivity index is 1.92. The molecule has 0 bridgehead atoms. The van der Waals surface area contributed by atoms with Gasteiger partial charge in [0, 0.05) is 25.5 Å². The standard InChI is InChI=1S/C25H19N5/c1-29(2)21-11-8-18(9-12-21)14-20(17-27)25-28-23-13-10-19(16-26)15-24(23)30(25)22-6-4-3-5-7-22/h3-15H,1-2H3/b20-14+. The molecule has 1 aromatic heterocycles. The van der Waals surface area contributed by atoms with E-state index in [0.29, 0.717) is 17.0 Å². The molecule has 0 spiro atoms. The van der Waals surface area contributed by atoms with Crippen LogP contribution in [0.25, 0.3) is 28.4 Å². The first-order chi connectivity index (χ1) is 14.6. The van der Waals surface area contributed by atoms with Gasteiger partial charge in [0.25, 0.3) is 0 Å². The van der Waals surface area contributed by atoms with E-state index in [2.05, 4.69) is 12.1 Å². The monoisotopic (exact) mass is 389 g/mol. The first kappa shape index (κ1) is 19.0. The number of para-hydroxylation sites is 1. The molecule has 3 aromatic carbocycles. The number of hydrogen-bond donors (Lipinski definition) is 0. The Kier molecular flexibility index (Phi) is 5.03. The van der Waals surface area contributed by atoms with E-state index in [9.17, 15) is 10.5 Å². The maximum absolute atomic E-state index is 9.95. The van der Waals surface area contributed by atoms with Gasteiger partial charge in [-0.3, -0.25) is 4.57 Å². The summed E-state index contributed by atoms with van der Waals surface area (Å²) in [5, 5.41) is 19.3. The van der Waals surface area contributed by atoms with Crippen LogP contribution in [0.4, 0.5) is 5.69 Å². The minimum absolute atomic E-state index is 0.450. The fraction of sp³-hybridized carbons (Fsp3) is 0.0800. The molecule has 5 nitrogen and oxygen atoms in total. The fourth-order valence-electron chi connectivity index (χ4n) is 3.35. The van der Waals surface area contributed by atoms with Crippen molar-refractivity contribution in [2.24, 2.45) is 0 Å². The Morgan fingerprint density at radius 2 is 1.70 bits per heavy atom. The summed E-state index contributed by atoms with van der Waals surface area (Å²) >= 11 is 0. The number of aromatic nitrogens is 2. The molecule has 0 aliphatic heterocycles. The summed E-state index contributed by atoms with van der Waals surface area (Å²) in [6.07, 6.45) is 1.84. The maximum atomic E-state index is 9.95. The Morgan fingerprint density at radius 1 is 0.967 bits per heavy atom. The lowest BCUT2D eigenvalue weighted by Crippen LogP contribution is -2.07. The molecule has 144 valence electrons. The SMILES string of the molecule is CN(C)c1ccc(/C=C(\C#N)c2nc3ccc(C#N)cc3n2-c2ccccc2)cc1. The number of imidazole rings is 1. The van der Waals surface area contributed by atoms with Crippen molar-refractivity contribution in [2.75, 3.05) is 19.0 Å². The normalized spacial score (nSPS) is 11.1. The second-order valence-corrected chi connectivity index (χ2v) is 7.08. The van der Waals surface area contributed by atoms with E-state index in [1.807, 2.05) is 90.3 Å². The molecule has 1 heterocycles. The van der Waals surface area contributed by atoms with Crippen molar-refractivity contribution in [3.63, 3.8) is 0 Å². The molecule has 0 atom stereocenters. The lowest BCUT2D eigenvalue weighted by molar-refractivity contribution is 1.06. The van der Waals surface area contributed by atoms with E-state index in [0.717, 1.165) is 28.0 Å². The van der Waals surface area contributed by atoms with Gasteiger partial charge in [-0.15, -0.1) is 0 Å². The summed E-state index contributed by atoms with van der Waals surface area (Å²) in [6.45, 7) is 0. The summed E-state index contributed by atoms with van der Waals surface area (Å²) in [5.41, 5.74) is 5.41. The molecule has 4 rings (SSSR count). The van der Waals surface area contributed by atoms with E-state index < -0.39 is 0 Å². The maximum Gasteiger partial charge on any atom is 0.156 e. The van der Waals surface area contributed by atoms with Gasteiger partial charge in [-0.2, -0.15) is 10.5 Å². The summed E-state index contributed by atoms with van der Waals surface area (Å²) in [6, 6.07) is 27.6. The number of allylic oxidation sites excluding steroid dienone is 1. The third-order valence-corrected chi connectivity index (χ3v) is 4.88. The number of hydrogen-bond acceptors (Lipinski definition) is 4. The van der Waals surface area contributed by atoms with E-state index in [1.54, 1.807) is 12.1 Å². The number of rotatable bonds is 4. The van der Waals surface area contributed by atoms with Gasteiger partial charge in [0.1, 0.15) is 6.07 Å². The van der Waals surface area contributed by atoms with Gasteiger partial charge in [0.05, 0.1) is 28.2 Å². The molecule has 30 heavy (non-hydrogen) atoms. The van der Waals surface area contributed by atoms with Crippen LogP contribution in [0, 0.1) is 22.7 Å². The highest BCUT2D eigenvalue weighted by atomic mass is 15.1. The van der Waals surface area contributed by atoms with Crippen molar-refractivity contribution >= 4 is 28.4 Å². The van der Waals surface area contributed by atoms with Crippen molar-refractivity contribution in [3.8, 4) is 17.8 Å². The van der Waals surface area contributed by atoms with Gasteiger partial charge in [-0.05, 0) is 54.1 Å². The van der Waals surface area contributed by atoms with Crippen LogP contribution in [0.3, 0.4) is 0 Å². The molecule has 0 fully saturated rings. The quantitative estimate of drug-likeness (QED) is 0.459. The molecule has 0 amide bonds. The highest BCUT2D eigenvalue weighted by Crippen LogP contribution is 2.28. The Hall–Kier alpha value is -4.35. The number of nitrogens with zero attached hydrogens (tertiary/aromatic N) is 5. The molecule has 0 saturated heterocycles. The number of nitriles is 2. The molecular formula is C25H19N5. The molecule has 0 aliphatic carbocycles. The van der Waals surface area contributed by atoms with Crippen molar-refractivity contribution in [3.05, 3.63) is 89.7 Å². The van der Waals surface area contributed by atoms with Gasteiger partial charge in [0.15, 0.2) is 5.82 Å². The van der Waals surface area contributed by atoms with Crippen molar-refractivity contribution in [1.82, 2.24) is 9.55 Å². The molecule has 4 aromatic rings. The van der Waals surface area contributed by atoms with Crippen molar-refractivity contribution in [2.45, 2.75) is 0 Å².